The summed E-state index contributed by atoms with van der Waals surface area (Å²) < 4.78 is 5.64. The first-order valence-corrected chi connectivity index (χ1v) is 5.61. The van der Waals surface area contributed by atoms with E-state index < -0.39 is 5.41 Å². The van der Waals surface area contributed by atoms with E-state index in [-0.39, 0.29) is 5.24 Å². The molecule has 0 N–H and O–H groups in total. The van der Waals surface area contributed by atoms with Gasteiger partial charge in [-0.05, 0) is 56.5 Å². The van der Waals surface area contributed by atoms with Crippen LogP contribution in [0.1, 0.15) is 25.0 Å². The van der Waals surface area contributed by atoms with Crippen molar-refractivity contribution in [1.29, 1.82) is 0 Å². The van der Waals surface area contributed by atoms with E-state index in [0.29, 0.717) is 6.61 Å². The Balaban J connectivity index is 2.76. The summed E-state index contributed by atoms with van der Waals surface area (Å²) in [5.41, 5.74) is 1.62. The summed E-state index contributed by atoms with van der Waals surface area (Å²) in [6, 6.07) is 5.87. The molecular weight excluding hydrogens is 224 g/mol. The van der Waals surface area contributed by atoms with Crippen LogP contribution in [0.4, 0.5) is 0 Å². The maximum atomic E-state index is 11.1. The van der Waals surface area contributed by atoms with Crippen LogP contribution in [0.3, 0.4) is 0 Å². The third-order valence-electron chi connectivity index (χ3n) is 2.68. The average molecular weight is 241 g/mol. The third kappa shape index (κ3) is 2.99. The highest BCUT2D eigenvalue weighted by molar-refractivity contribution is 6.64. The van der Waals surface area contributed by atoms with Gasteiger partial charge in [-0.2, -0.15) is 0 Å². The largest absolute Gasteiger partial charge is 0.492 e. The number of aryl methyl sites for hydroxylation is 1. The molecule has 1 rings (SSSR count). The van der Waals surface area contributed by atoms with Crippen molar-refractivity contribution in [2.75, 3.05) is 6.61 Å². The Labute approximate surface area is 102 Å². The van der Waals surface area contributed by atoms with Crippen LogP contribution in [0.2, 0.25) is 0 Å². The second-order valence-corrected chi connectivity index (χ2v) is 4.99. The van der Waals surface area contributed by atoms with Crippen LogP contribution in [0.5, 0.6) is 5.75 Å². The first-order valence-electron chi connectivity index (χ1n) is 5.23. The molecule has 0 fully saturated rings. The number of halogens is 1. The minimum atomic E-state index is -0.655. The predicted molar refractivity (Wildman–Crippen MR) is 66.1 cm³/mol. The second-order valence-electron chi connectivity index (χ2n) is 4.64. The van der Waals surface area contributed by atoms with Crippen LogP contribution in [-0.2, 0) is 4.79 Å². The third-order valence-corrected chi connectivity index (χ3v) is 3.19. The van der Waals surface area contributed by atoms with E-state index in [0.717, 1.165) is 11.3 Å². The summed E-state index contributed by atoms with van der Waals surface area (Å²) in [7, 11) is 0. The summed E-state index contributed by atoms with van der Waals surface area (Å²) >= 11 is 5.49. The molecule has 0 aliphatic rings. The van der Waals surface area contributed by atoms with E-state index in [1.807, 2.05) is 32.0 Å². The summed E-state index contributed by atoms with van der Waals surface area (Å²) in [6.07, 6.45) is 0. The van der Waals surface area contributed by atoms with E-state index in [9.17, 15) is 4.79 Å². The van der Waals surface area contributed by atoms with Gasteiger partial charge in [0, 0.05) is 0 Å². The summed E-state index contributed by atoms with van der Waals surface area (Å²) in [5, 5.41) is -0.377. The van der Waals surface area contributed by atoms with Gasteiger partial charge < -0.3 is 4.74 Å². The quantitative estimate of drug-likeness (QED) is 0.754. The van der Waals surface area contributed by atoms with Crippen molar-refractivity contribution in [3.63, 3.8) is 0 Å². The van der Waals surface area contributed by atoms with Crippen molar-refractivity contribution < 1.29 is 9.53 Å². The molecule has 16 heavy (non-hydrogen) atoms. The molecule has 2 nitrogen and oxygen atoms in total. The van der Waals surface area contributed by atoms with Gasteiger partial charge in [-0.15, -0.1) is 0 Å². The molecule has 0 spiro atoms. The monoisotopic (exact) mass is 240 g/mol. The standard InChI is InChI=1S/C13H17ClO2/c1-9-6-5-7-11(10(9)2)16-8-13(3,4)12(14)15/h5-7H,8H2,1-4H3. The first kappa shape index (κ1) is 13.0. The topological polar surface area (TPSA) is 26.3 Å². The second kappa shape index (κ2) is 4.88. The zero-order valence-electron chi connectivity index (χ0n) is 10.1. The molecule has 0 bridgehead atoms. The molecule has 0 heterocycles. The van der Waals surface area contributed by atoms with Crippen molar-refractivity contribution in [1.82, 2.24) is 0 Å². The van der Waals surface area contributed by atoms with E-state index in [1.165, 1.54) is 5.56 Å². The van der Waals surface area contributed by atoms with E-state index in [2.05, 4.69) is 0 Å². The maximum Gasteiger partial charge on any atom is 0.230 e. The molecule has 0 aliphatic carbocycles. The van der Waals surface area contributed by atoms with Crippen molar-refractivity contribution in [2.45, 2.75) is 27.7 Å². The van der Waals surface area contributed by atoms with Crippen LogP contribution in [0.15, 0.2) is 18.2 Å². The molecule has 1 aromatic rings. The summed E-state index contributed by atoms with van der Waals surface area (Å²) in [4.78, 5) is 11.1. The molecule has 0 aromatic heterocycles. The fourth-order valence-electron chi connectivity index (χ4n) is 1.20. The zero-order valence-corrected chi connectivity index (χ0v) is 10.9. The Hall–Kier alpha value is -1.02. The van der Waals surface area contributed by atoms with Crippen LogP contribution < -0.4 is 4.74 Å². The Morgan fingerprint density at radius 3 is 2.56 bits per heavy atom. The number of hydrogen-bond acceptors (Lipinski definition) is 2. The number of carbonyl (C=O) groups is 1. The molecule has 0 saturated carbocycles. The van der Waals surface area contributed by atoms with E-state index >= 15 is 0 Å². The SMILES string of the molecule is Cc1cccc(OCC(C)(C)C(=O)Cl)c1C. The minimum Gasteiger partial charge on any atom is -0.492 e. The van der Waals surface area contributed by atoms with Gasteiger partial charge >= 0.3 is 0 Å². The lowest BCUT2D eigenvalue weighted by atomic mass is 9.97. The van der Waals surface area contributed by atoms with Crippen molar-refractivity contribution in [2.24, 2.45) is 5.41 Å². The molecule has 0 unspecified atom stereocenters. The van der Waals surface area contributed by atoms with Gasteiger partial charge in [-0.25, -0.2) is 0 Å². The zero-order chi connectivity index (χ0) is 12.3. The number of hydrogen-bond donors (Lipinski definition) is 0. The van der Waals surface area contributed by atoms with E-state index in [4.69, 9.17) is 16.3 Å². The smallest absolute Gasteiger partial charge is 0.230 e. The number of rotatable bonds is 4. The summed E-state index contributed by atoms with van der Waals surface area (Å²) in [6.45, 7) is 7.86. The van der Waals surface area contributed by atoms with Crippen LogP contribution in [0, 0.1) is 19.3 Å². The van der Waals surface area contributed by atoms with Gasteiger partial charge in [0.1, 0.15) is 12.4 Å². The summed E-state index contributed by atoms with van der Waals surface area (Å²) in [5.74, 6) is 0.811. The Kier molecular flexibility index (Phi) is 3.98. The molecule has 0 saturated heterocycles. The fraction of sp³-hybridized carbons (Fsp3) is 0.462. The highest BCUT2D eigenvalue weighted by Gasteiger charge is 2.27. The normalized spacial score (nSPS) is 11.3. The van der Waals surface area contributed by atoms with Gasteiger partial charge in [0.15, 0.2) is 0 Å². The lowest BCUT2D eigenvalue weighted by Gasteiger charge is -2.21. The molecule has 0 radical (unpaired) electrons. The fourth-order valence-corrected chi connectivity index (χ4v) is 1.25. The van der Waals surface area contributed by atoms with Crippen molar-refractivity contribution in [3.05, 3.63) is 29.3 Å². The van der Waals surface area contributed by atoms with Gasteiger partial charge in [-0.1, -0.05) is 12.1 Å². The molecule has 0 aliphatic heterocycles. The lowest BCUT2D eigenvalue weighted by molar-refractivity contribution is -0.120. The maximum absolute atomic E-state index is 11.1. The van der Waals surface area contributed by atoms with E-state index in [1.54, 1.807) is 13.8 Å². The van der Waals surface area contributed by atoms with Gasteiger partial charge in [0.25, 0.3) is 0 Å². The predicted octanol–water partition coefficient (Wildman–Crippen LogP) is 3.47. The molecule has 1 aromatic carbocycles. The Bertz CT molecular complexity index is 397. The van der Waals surface area contributed by atoms with Crippen LogP contribution >= 0.6 is 11.6 Å². The number of benzene rings is 1. The molecule has 3 heteroatoms. The van der Waals surface area contributed by atoms with Crippen LogP contribution in [-0.4, -0.2) is 11.8 Å². The van der Waals surface area contributed by atoms with Gasteiger partial charge in [0.05, 0.1) is 5.41 Å². The average Bonchev–Trinajstić information content (AvgIpc) is 2.20. The van der Waals surface area contributed by atoms with Crippen LogP contribution in [0.25, 0.3) is 0 Å². The Morgan fingerprint density at radius 1 is 1.38 bits per heavy atom. The highest BCUT2D eigenvalue weighted by Crippen LogP contribution is 2.25. The minimum absolute atomic E-state index is 0.291. The van der Waals surface area contributed by atoms with Gasteiger partial charge in [0.2, 0.25) is 5.24 Å². The molecule has 0 atom stereocenters. The van der Waals surface area contributed by atoms with Crippen molar-refractivity contribution in [3.8, 4) is 5.75 Å². The highest BCUT2D eigenvalue weighted by atomic mass is 35.5. The number of ether oxygens (including phenoxy) is 1. The first-order chi connectivity index (χ1) is 7.34. The molecular formula is C13H17ClO2. The van der Waals surface area contributed by atoms with Crippen molar-refractivity contribution >= 4 is 16.8 Å². The lowest BCUT2D eigenvalue weighted by Crippen LogP contribution is -2.27. The molecule has 0 amide bonds. The van der Waals surface area contributed by atoms with Gasteiger partial charge in [-0.3, -0.25) is 4.79 Å². The Morgan fingerprint density at radius 2 is 2.00 bits per heavy atom. The number of carbonyl (C=O) groups excluding carboxylic acids is 1. The molecule has 88 valence electrons.